The molecule has 0 bridgehead atoms. The monoisotopic (exact) mass is 380 g/mol. The molecule has 4 aromatic heterocycles. The van der Waals surface area contributed by atoms with Crippen molar-refractivity contribution in [2.24, 2.45) is 5.73 Å². The molecule has 28 heavy (non-hydrogen) atoms. The fraction of sp³-hybridized carbons (Fsp3) is 0.211. The van der Waals surface area contributed by atoms with Gasteiger partial charge in [0.1, 0.15) is 17.4 Å². The van der Waals surface area contributed by atoms with Crippen molar-refractivity contribution in [3.8, 4) is 11.4 Å². The van der Waals surface area contributed by atoms with Gasteiger partial charge in [-0.15, -0.1) is 5.10 Å². The molecule has 1 aliphatic carbocycles. The highest BCUT2D eigenvalue weighted by Crippen LogP contribution is 2.50. The van der Waals surface area contributed by atoms with Gasteiger partial charge in [-0.05, 0) is 18.2 Å². The standard InChI is InChI=1S/C19H16FN7O/c1-22-16-11-8-23-14(19(18(21)28)7-13(19)20)6-10(11)12(9-24-16)17-25-15-4-2-3-5-27(15)26-17/h2-6,8-9,13H,7H2,1H3,(H2,21,28)(H,22,24)/i1D3. The molecule has 4 heterocycles. The number of pyridine rings is 3. The molecule has 0 saturated heterocycles. The van der Waals surface area contributed by atoms with Crippen molar-refractivity contribution < 1.29 is 13.3 Å². The van der Waals surface area contributed by atoms with Gasteiger partial charge in [0.05, 0.1) is 5.69 Å². The third-order valence-electron chi connectivity index (χ3n) is 5.15. The van der Waals surface area contributed by atoms with Gasteiger partial charge in [0.2, 0.25) is 5.91 Å². The highest BCUT2D eigenvalue weighted by Gasteiger charge is 2.62. The van der Waals surface area contributed by atoms with Gasteiger partial charge in [-0.2, -0.15) is 0 Å². The molecule has 0 aliphatic heterocycles. The van der Waals surface area contributed by atoms with E-state index >= 15 is 0 Å². The minimum atomic E-state index is -2.49. The van der Waals surface area contributed by atoms with Crippen molar-refractivity contribution in [1.82, 2.24) is 24.6 Å². The highest BCUT2D eigenvalue weighted by molar-refractivity contribution is 6.01. The molecule has 0 aromatic carbocycles. The Morgan fingerprint density at radius 1 is 1.39 bits per heavy atom. The summed E-state index contributed by atoms with van der Waals surface area (Å²) in [5, 5.41) is 7.66. The molecule has 5 rings (SSSR count). The minimum Gasteiger partial charge on any atom is -0.373 e. The van der Waals surface area contributed by atoms with Crippen LogP contribution in [0.2, 0.25) is 0 Å². The zero-order valence-corrected chi connectivity index (χ0v) is 14.4. The summed E-state index contributed by atoms with van der Waals surface area (Å²) >= 11 is 0. The second-order valence-electron chi connectivity index (χ2n) is 6.71. The number of nitrogens with zero attached hydrogens (tertiary/aromatic N) is 5. The van der Waals surface area contributed by atoms with E-state index in [1.54, 1.807) is 22.8 Å². The summed E-state index contributed by atoms with van der Waals surface area (Å²) in [4.78, 5) is 24.9. The Morgan fingerprint density at radius 3 is 2.96 bits per heavy atom. The van der Waals surface area contributed by atoms with Crippen LogP contribution in [0.1, 0.15) is 16.2 Å². The number of hydrogen-bond acceptors (Lipinski definition) is 6. The lowest BCUT2D eigenvalue weighted by molar-refractivity contribution is -0.120. The van der Waals surface area contributed by atoms with Crippen molar-refractivity contribution in [3.05, 3.63) is 48.5 Å². The summed E-state index contributed by atoms with van der Waals surface area (Å²) in [5.74, 6) is -0.390. The Hall–Kier alpha value is -3.62. The van der Waals surface area contributed by atoms with E-state index in [4.69, 9.17) is 9.85 Å². The van der Waals surface area contributed by atoms with Crippen molar-refractivity contribution in [2.75, 3.05) is 12.3 Å². The molecule has 4 aromatic rings. The maximum atomic E-state index is 14.2. The number of aromatic nitrogens is 5. The van der Waals surface area contributed by atoms with Crippen molar-refractivity contribution in [2.45, 2.75) is 18.0 Å². The number of amides is 1. The number of nitrogens with two attached hydrogens (primary N) is 1. The number of hydrogen-bond donors (Lipinski definition) is 2. The quantitative estimate of drug-likeness (QED) is 0.559. The Morgan fingerprint density at radius 2 is 2.25 bits per heavy atom. The van der Waals surface area contributed by atoms with Gasteiger partial charge in [0, 0.05) is 52.4 Å². The predicted octanol–water partition coefficient (Wildman–Crippen LogP) is 1.85. The van der Waals surface area contributed by atoms with Crippen molar-refractivity contribution >= 4 is 28.1 Å². The SMILES string of the molecule is [2H]C([2H])([2H])Nc1ncc(-c2nc3ccccn3n2)c2cc(C3(C(N)=O)CC3F)ncc12. The fourth-order valence-corrected chi connectivity index (χ4v) is 3.47. The molecule has 3 N–H and O–H groups in total. The molecule has 0 radical (unpaired) electrons. The van der Waals surface area contributed by atoms with Crippen LogP contribution in [0.15, 0.2) is 42.9 Å². The zero-order valence-electron chi connectivity index (χ0n) is 17.4. The summed E-state index contributed by atoms with van der Waals surface area (Å²) in [6.07, 6.45) is 3.06. The maximum Gasteiger partial charge on any atom is 0.232 e. The summed E-state index contributed by atoms with van der Waals surface area (Å²) in [5.41, 5.74) is 5.24. The van der Waals surface area contributed by atoms with Crippen LogP contribution in [0.4, 0.5) is 10.2 Å². The molecule has 9 heteroatoms. The Bertz CT molecular complexity index is 1320. The molecule has 0 spiro atoms. The van der Waals surface area contributed by atoms with Gasteiger partial charge in [-0.25, -0.2) is 18.9 Å². The van der Waals surface area contributed by atoms with Crippen LogP contribution in [-0.4, -0.2) is 43.6 Å². The summed E-state index contributed by atoms with van der Waals surface area (Å²) in [7, 11) is 0. The molecule has 1 saturated carbocycles. The average Bonchev–Trinajstić information content (AvgIpc) is 3.22. The first-order chi connectivity index (χ1) is 14.7. The molecule has 1 aliphatic rings. The molecule has 2 unspecified atom stereocenters. The zero-order chi connectivity index (χ0) is 22.0. The Kier molecular flexibility index (Phi) is 2.75. The summed E-state index contributed by atoms with van der Waals surface area (Å²) < 4.78 is 38.2. The minimum absolute atomic E-state index is 0.0474. The first-order valence-electron chi connectivity index (χ1n) is 10.0. The number of halogens is 1. The number of anilines is 1. The average molecular weight is 380 g/mol. The molecule has 140 valence electrons. The van der Waals surface area contributed by atoms with E-state index in [0.29, 0.717) is 27.8 Å². The van der Waals surface area contributed by atoms with Crippen molar-refractivity contribution in [1.29, 1.82) is 0 Å². The normalized spacial score (nSPS) is 23.2. The van der Waals surface area contributed by atoms with Crippen LogP contribution in [0, 0.1) is 0 Å². The molecule has 1 fully saturated rings. The Labute approximate surface area is 162 Å². The lowest BCUT2D eigenvalue weighted by atomic mass is 9.97. The van der Waals surface area contributed by atoms with Gasteiger partial charge in [0.15, 0.2) is 11.5 Å². The Balaban J connectivity index is 1.75. The first-order valence-corrected chi connectivity index (χ1v) is 8.52. The second kappa shape index (κ2) is 5.69. The van der Waals surface area contributed by atoms with E-state index < -0.39 is 24.5 Å². The van der Waals surface area contributed by atoms with Gasteiger partial charge in [0.25, 0.3) is 0 Å². The number of rotatable bonds is 4. The molecular weight excluding hydrogens is 361 g/mol. The lowest BCUT2D eigenvalue weighted by Gasteiger charge is -2.14. The molecule has 2 atom stereocenters. The highest BCUT2D eigenvalue weighted by atomic mass is 19.1. The van der Waals surface area contributed by atoms with Crippen LogP contribution >= 0.6 is 0 Å². The smallest absolute Gasteiger partial charge is 0.232 e. The van der Waals surface area contributed by atoms with E-state index in [0.717, 1.165) is 0 Å². The van der Waals surface area contributed by atoms with Gasteiger partial charge in [-0.1, -0.05) is 6.07 Å². The van der Waals surface area contributed by atoms with E-state index in [-0.39, 0.29) is 17.9 Å². The van der Waals surface area contributed by atoms with Crippen LogP contribution in [0.5, 0.6) is 0 Å². The topological polar surface area (TPSA) is 111 Å². The van der Waals surface area contributed by atoms with Crippen molar-refractivity contribution in [3.63, 3.8) is 0 Å². The van der Waals surface area contributed by atoms with Crippen LogP contribution in [0.25, 0.3) is 27.8 Å². The number of carbonyl (C=O) groups excluding carboxylic acids is 1. The largest absolute Gasteiger partial charge is 0.373 e. The molecular formula is C19H16FN7O. The molecule has 1 amide bonds. The molecule has 8 nitrogen and oxygen atoms in total. The fourth-order valence-electron chi connectivity index (χ4n) is 3.47. The van der Waals surface area contributed by atoms with E-state index in [1.165, 1.54) is 18.5 Å². The number of alkyl halides is 1. The third-order valence-corrected chi connectivity index (χ3v) is 5.15. The van der Waals surface area contributed by atoms with E-state index in [1.807, 2.05) is 6.07 Å². The lowest BCUT2D eigenvalue weighted by Crippen LogP contribution is -2.31. The van der Waals surface area contributed by atoms with Crippen LogP contribution in [0.3, 0.4) is 0 Å². The van der Waals surface area contributed by atoms with Gasteiger partial charge in [-0.3, -0.25) is 9.78 Å². The number of nitrogens with one attached hydrogen (secondary N) is 1. The van der Waals surface area contributed by atoms with Gasteiger partial charge < -0.3 is 11.1 Å². The third kappa shape index (κ3) is 2.19. The maximum absolute atomic E-state index is 14.2. The van der Waals surface area contributed by atoms with Crippen LogP contribution in [-0.2, 0) is 10.2 Å². The summed E-state index contributed by atoms with van der Waals surface area (Å²) in [6, 6.07) is 6.94. The van der Waals surface area contributed by atoms with E-state index in [2.05, 4.69) is 25.4 Å². The summed E-state index contributed by atoms with van der Waals surface area (Å²) in [6.45, 7) is -2.49. The van der Waals surface area contributed by atoms with E-state index in [9.17, 15) is 9.18 Å². The number of carbonyl (C=O) groups is 1. The van der Waals surface area contributed by atoms with Crippen LogP contribution < -0.4 is 11.1 Å². The first kappa shape index (κ1) is 13.5. The number of primary amides is 1. The van der Waals surface area contributed by atoms with Gasteiger partial charge >= 0.3 is 0 Å². The predicted molar refractivity (Wildman–Crippen MR) is 101 cm³/mol. The number of fused-ring (bicyclic) bond motifs is 2. The second-order valence-corrected chi connectivity index (χ2v) is 6.71.